The van der Waals surface area contributed by atoms with E-state index in [9.17, 15) is 0 Å². The van der Waals surface area contributed by atoms with Crippen molar-refractivity contribution in [3.8, 4) is 0 Å². The second-order valence-electron chi connectivity index (χ2n) is 5.55. The number of thiazole rings is 1. The zero-order valence-electron chi connectivity index (χ0n) is 11.9. The molecular weight excluding hydrogens is 266 g/mol. The number of hydrogen-bond acceptors (Lipinski definition) is 4. The van der Waals surface area contributed by atoms with Crippen LogP contribution in [0.15, 0.2) is 29.6 Å². The summed E-state index contributed by atoms with van der Waals surface area (Å²) in [5.74, 6) is 0. The first-order valence-electron chi connectivity index (χ1n) is 7.21. The van der Waals surface area contributed by atoms with Crippen molar-refractivity contribution >= 4 is 11.3 Å². The standard InChI is InChI=1S/C16H21N3S/c1-12(17)16-18-15(11-20-16)10-19-8-4-7-13-5-2-3-6-14(13)9-19/h2-3,5-6,11-12H,4,7-10,17H2,1H3. The predicted octanol–water partition coefficient (Wildman–Crippen LogP) is 3.11. The predicted molar refractivity (Wildman–Crippen MR) is 83.6 cm³/mol. The Morgan fingerprint density at radius 1 is 1.35 bits per heavy atom. The quantitative estimate of drug-likeness (QED) is 0.943. The molecule has 0 saturated carbocycles. The van der Waals surface area contributed by atoms with Crippen LogP contribution in [0.4, 0.5) is 0 Å². The van der Waals surface area contributed by atoms with Crippen LogP contribution in [0.2, 0.25) is 0 Å². The average Bonchev–Trinajstić information content (AvgIpc) is 2.80. The van der Waals surface area contributed by atoms with E-state index in [1.807, 2.05) is 6.92 Å². The van der Waals surface area contributed by atoms with E-state index in [2.05, 4.69) is 39.5 Å². The number of aryl methyl sites for hydroxylation is 1. The summed E-state index contributed by atoms with van der Waals surface area (Å²) in [7, 11) is 0. The molecule has 0 amide bonds. The third kappa shape index (κ3) is 3.08. The molecule has 0 bridgehead atoms. The average molecular weight is 287 g/mol. The van der Waals surface area contributed by atoms with Crippen molar-refractivity contribution in [2.45, 2.75) is 38.9 Å². The van der Waals surface area contributed by atoms with Crippen molar-refractivity contribution in [2.75, 3.05) is 6.54 Å². The lowest BCUT2D eigenvalue weighted by Crippen LogP contribution is -2.23. The fourth-order valence-electron chi connectivity index (χ4n) is 2.74. The number of nitrogens with zero attached hydrogens (tertiary/aromatic N) is 2. The highest BCUT2D eigenvalue weighted by atomic mass is 32.1. The van der Waals surface area contributed by atoms with Gasteiger partial charge < -0.3 is 5.73 Å². The lowest BCUT2D eigenvalue weighted by molar-refractivity contribution is 0.258. The van der Waals surface area contributed by atoms with E-state index >= 15 is 0 Å². The van der Waals surface area contributed by atoms with E-state index in [0.29, 0.717) is 0 Å². The minimum Gasteiger partial charge on any atom is -0.322 e. The van der Waals surface area contributed by atoms with E-state index in [1.165, 1.54) is 24.0 Å². The van der Waals surface area contributed by atoms with Crippen LogP contribution in [-0.2, 0) is 19.5 Å². The van der Waals surface area contributed by atoms with Gasteiger partial charge in [-0.05, 0) is 37.4 Å². The second-order valence-corrected chi connectivity index (χ2v) is 6.44. The van der Waals surface area contributed by atoms with Gasteiger partial charge in [0, 0.05) is 18.5 Å². The molecule has 0 radical (unpaired) electrons. The molecule has 0 aliphatic carbocycles. The summed E-state index contributed by atoms with van der Waals surface area (Å²) in [6.45, 7) is 5.09. The van der Waals surface area contributed by atoms with Gasteiger partial charge in [-0.2, -0.15) is 0 Å². The monoisotopic (exact) mass is 287 g/mol. The molecule has 2 heterocycles. The summed E-state index contributed by atoms with van der Waals surface area (Å²) in [5, 5.41) is 3.19. The van der Waals surface area contributed by atoms with Gasteiger partial charge in [-0.25, -0.2) is 4.98 Å². The Labute approximate surface area is 124 Å². The second kappa shape index (κ2) is 6.04. The van der Waals surface area contributed by atoms with Gasteiger partial charge in [0.05, 0.1) is 11.7 Å². The number of hydrogen-bond donors (Lipinski definition) is 1. The zero-order chi connectivity index (χ0) is 13.9. The highest BCUT2D eigenvalue weighted by molar-refractivity contribution is 7.09. The van der Waals surface area contributed by atoms with Gasteiger partial charge in [-0.1, -0.05) is 24.3 Å². The van der Waals surface area contributed by atoms with Gasteiger partial charge >= 0.3 is 0 Å². The SMILES string of the molecule is CC(N)c1nc(CN2CCCc3ccccc3C2)cs1. The number of benzene rings is 1. The topological polar surface area (TPSA) is 42.1 Å². The van der Waals surface area contributed by atoms with Crippen molar-refractivity contribution in [3.63, 3.8) is 0 Å². The Bertz CT molecular complexity index is 577. The molecule has 0 saturated heterocycles. The summed E-state index contributed by atoms with van der Waals surface area (Å²) in [4.78, 5) is 7.13. The number of rotatable bonds is 3. The van der Waals surface area contributed by atoms with Crippen LogP contribution >= 0.6 is 11.3 Å². The molecule has 20 heavy (non-hydrogen) atoms. The third-order valence-electron chi connectivity index (χ3n) is 3.78. The van der Waals surface area contributed by atoms with Crippen LogP contribution in [0.5, 0.6) is 0 Å². The summed E-state index contributed by atoms with van der Waals surface area (Å²) >= 11 is 1.67. The molecular formula is C16H21N3S. The maximum Gasteiger partial charge on any atom is 0.109 e. The van der Waals surface area contributed by atoms with Crippen molar-refractivity contribution in [3.05, 3.63) is 51.5 Å². The molecule has 2 N–H and O–H groups in total. The molecule has 1 unspecified atom stereocenters. The minimum absolute atomic E-state index is 0.0404. The molecule has 1 aliphatic heterocycles. The maximum absolute atomic E-state index is 5.88. The highest BCUT2D eigenvalue weighted by Gasteiger charge is 2.15. The number of fused-ring (bicyclic) bond motifs is 1. The third-order valence-corrected chi connectivity index (χ3v) is 4.87. The van der Waals surface area contributed by atoms with Gasteiger partial charge in [0.25, 0.3) is 0 Å². The first-order valence-corrected chi connectivity index (χ1v) is 8.09. The van der Waals surface area contributed by atoms with Gasteiger partial charge in [0.2, 0.25) is 0 Å². The Kier molecular flexibility index (Phi) is 4.15. The van der Waals surface area contributed by atoms with Crippen molar-refractivity contribution in [1.82, 2.24) is 9.88 Å². The van der Waals surface area contributed by atoms with Crippen LogP contribution < -0.4 is 5.73 Å². The van der Waals surface area contributed by atoms with Crippen LogP contribution in [0.3, 0.4) is 0 Å². The van der Waals surface area contributed by atoms with E-state index in [0.717, 1.165) is 30.3 Å². The molecule has 1 aromatic heterocycles. The molecule has 3 rings (SSSR count). The van der Waals surface area contributed by atoms with E-state index in [4.69, 9.17) is 5.73 Å². The van der Waals surface area contributed by atoms with Crippen LogP contribution in [0.25, 0.3) is 0 Å². The summed E-state index contributed by atoms with van der Waals surface area (Å²) in [6, 6.07) is 8.83. The van der Waals surface area contributed by atoms with Crippen LogP contribution in [0.1, 0.15) is 41.2 Å². The molecule has 1 aromatic carbocycles. The molecule has 0 fully saturated rings. The largest absolute Gasteiger partial charge is 0.322 e. The first kappa shape index (κ1) is 13.7. The maximum atomic E-state index is 5.88. The fraction of sp³-hybridized carbons (Fsp3) is 0.438. The normalized spacial score (nSPS) is 17.5. The van der Waals surface area contributed by atoms with E-state index < -0.39 is 0 Å². The Balaban J connectivity index is 1.71. The highest BCUT2D eigenvalue weighted by Crippen LogP contribution is 2.21. The van der Waals surface area contributed by atoms with E-state index in [1.54, 1.807) is 11.3 Å². The molecule has 4 heteroatoms. The molecule has 2 aromatic rings. The fourth-order valence-corrected chi connectivity index (χ4v) is 3.51. The lowest BCUT2D eigenvalue weighted by Gasteiger charge is -2.19. The first-order chi connectivity index (χ1) is 9.72. The summed E-state index contributed by atoms with van der Waals surface area (Å²) in [6.07, 6.45) is 2.41. The molecule has 1 aliphatic rings. The van der Waals surface area contributed by atoms with Gasteiger partial charge in [0.15, 0.2) is 0 Å². The molecule has 106 valence electrons. The zero-order valence-corrected chi connectivity index (χ0v) is 12.7. The minimum atomic E-state index is 0.0404. The summed E-state index contributed by atoms with van der Waals surface area (Å²) in [5.41, 5.74) is 10.0. The Hall–Kier alpha value is -1.23. The van der Waals surface area contributed by atoms with Gasteiger partial charge in [-0.3, -0.25) is 4.90 Å². The molecule has 0 spiro atoms. The molecule has 3 nitrogen and oxygen atoms in total. The summed E-state index contributed by atoms with van der Waals surface area (Å²) < 4.78 is 0. The van der Waals surface area contributed by atoms with Crippen molar-refractivity contribution in [1.29, 1.82) is 0 Å². The van der Waals surface area contributed by atoms with Gasteiger partial charge in [-0.15, -0.1) is 11.3 Å². The van der Waals surface area contributed by atoms with Crippen molar-refractivity contribution < 1.29 is 0 Å². The van der Waals surface area contributed by atoms with Crippen molar-refractivity contribution in [2.24, 2.45) is 5.73 Å². The Morgan fingerprint density at radius 2 is 2.15 bits per heavy atom. The van der Waals surface area contributed by atoms with Gasteiger partial charge in [0.1, 0.15) is 5.01 Å². The van der Waals surface area contributed by atoms with Crippen LogP contribution in [0, 0.1) is 0 Å². The number of aromatic nitrogens is 1. The Morgan fingerprint density at radius 3 is 2.90 bits per heavy atom. The smallest absolute Gasteiger partial charge is 0.109 e. The van der Waals surface area contributed by atoms with Crippen LogP contribution in [-0.4, -0.2) is 16.4 Å². The molecule has 1 atom stereocenters. The lowest BCUT2D eigenvalue weighted by atomic mass is 10.0. The van der Waals surface area contributed by atoms with E-state index in [-0.39, 0.29) is 6.04 Å². The number of nitrogens with two attached hydrogens (primary N) is 1.